The lowest BCUT2D eigenvalue weighted by atomic mass is 9.84. The highest BCUT2D eigenvalue weighted by Crippen LogP contribution is 2.25. The minimum absolute atomic E-state index is 0.0249. The average Bonchev–Trinajstić information content (AvgIpc) is 2.82. The van der Waals surface area contributed by atoms with Crippen LogP contribution < -0.4 is 5.32 Å². The van der Waals surface area contributed by atoms with Gasteiger partial charge < -0.3 is 15.2 Å². The lowest BCUT2D eigenvalue weighted by Crippen LogP contribution is -2.45. The Morgan fingerprint density at radius 2 is 1.94 bits per heavy atom. The van der Waals surface area contributed by atoms with Crippen LogP contribution >= 0.6 is 0 Å². The second kappa shape index (κ2) is 6.18. The van der Waals surface area contributed by atoms with Gasteiger partial charge in [-0.3, -0.25) is 9.59 Å². The highest BCUT2D eigenvalue weighted by molar-refractivity contribution is 5.78. The number of hydrogen-bond acceptors (Lipinski definition) is 3. The van der Waals surface area contributed by atoms with Crippen LogP contribution in [0.4, 0.5) is 0 Å². The molecule has 0 spiro atoms. The maximum atomic E-state index is 11.9. The molecule has 2 fully saturated rings. The van der Waals surface area contributed by atoms with Crippen molar-refractivity contribution in [2.24, 2.45) is 5.92 Å². The van der Waals surface area contributed by atoms with E-state index in [4.69, 9.17) is 9.84 Å². The standard InChI is InChI=1S/C13H21NO4/c15-12(8-9-4-3-7-18-9)14-11-6-2-1-5-10(11)13(16)17/h9-11H,1-8H2,(H,14,15)(H,16,17). The molecule has 102 valence electrons. The molecule has 18 heavy (non-hydrogen) atoms. The number of carbonyl (C=O) groups is 2. The van der Waals surface area contributed by atoms with Crippen LogP contribution in [0.3, 0.4) is 0 Å². The van der Waals surface area contributed by atoms with Gasteiger partial charge in [-0.25, -0.2) is 0 Å². The third-order valence-electron chi connectivity index (χ3n) is 3.87. The first-order valence-electron chi connectivity index (χ1n) is 6.80. The summed E-state index contributed by atoms with van der Waals surface area (Å²) in [4.78, 5) is 23.0. The molecule has 1 aliphatic carbocycles. The first-order chi connectivity index (χ1) is 8.66. The van der Waals surface area contributed by atoms with Crippen LogP contribution in [0, 0.1) is 5.92 Å². The van der Waals surface area contributed by atoms with Gasteiger partial charge in [-0.1, -0.05) is 12.8 Å². The molecule has 0 bridgehead atoms. The predicted molar refractivity (Wildman–Crippen MR) is 65.1 cm³/mol. The molecule has 1 amide bonds. The zero-order chi connectivity index (χ0) is 13.0. The van der Waals surface area contributed by atoms with Gasteiger partial charge >= 0.3 is 5.97 Å². The van der Waals surface area contributed by atoms with Gasteiger partial charge in [0, 0.05) is 12.6 Å². The summed E-state index contributed by atoms with van der Waals surface area (Å²) in [5, 5.41) is 12.0. The first-order valence-corrected chi connectivity index (χ1v) is 6.80. The topological polar surface area (TPSA) is 75.6 Å². The van der Waals surface area contributed by atoms with Crippen LogP contribution in [-0.2, 0) is 14.3 Å². The van der Waals surface area contributed by atoms with E-state index >= 15 is 0 Å². The molecule has 1 heterocycles. The fourth-order valence-corrected chi connectivity index (χ4v) is 2.88. The second-order valence-electron chi connectivity index (χ2n) is 5.24. The summed E-state index contributed by atoms with van der Waals surface area (Å²) in [6.45, 7) is 0.735. The van der Waals surface area contributed by atoms with Gasteiger partial charge in [0.25, 0.3) is 0 Å². The van der Waals surface area contributed by atoms with E-state index in [1.807, 2.05) is 0 Å². The molecule has 3 unspecified atom stereocenters. The number of ether oxygens (including phenoxy) is 1. The molecule has 1 saturated carbocycles. The van der Waals surface area contributed by atoms with E-state index in [9.17, 15) is 9.59 Å². The molecule has 2 rings (SSSR count). The Balaban J connectivity index is 1.82. The summed E-state index contributed by atoms with van der Waals surface area (Å²) in [7, 11) is 0. The van der Waals surface area contributed by atoms with Gasteiger partial charge in [0.1, 0.15) is 0 Å². The average molecular weight is 255 g/mol. The fourth-order valence-electron chi connectivity index (χ4n) is 2.88. The third-order valence-corrected chi connectivity index (χ3v) is 3.87. The largest absolute Gasteiger partial charge is 0.481 e. The molecule has 3 atom stereocenters. The fraction of sp³-hybridized carbons (Fsp3) is 0.846. The van der Waals surface area contributed by atoms with Crippen molar-refractivity contribution in [3.63, 3.8) is 0 Å². The highest BCUT2D eigenvalue weighted by atomic mass is 16.5. The van der Waals surface area contributed by atoms with Crippen molar-refractivity contribution < 1.29 is 19.4 Å². The van der Waals surface area contributed by atoms with Crippen molar-refractivity contribution >= 4 is 11.9 Å². The number of carbonyl (C=O) groups excluding carboxylic acids is 1. The smallest absolute Gasteiger partial charge is 0.308 e. The van der Waals surface area contributed by atoms with Crippen molar-refractivity contribution in [1.29, 1.82) is 0 Å². The van der Waals surface area contributed by atoms with Gasteiger partial charge in [-0.15, -0.1) is 0 Å². The molecule has 0 aromatic carbocycles. The van der Waals surface area contributed by atoms with Crippen molar-refractivity contribution in [3.05, 3.63) is 0 Å². The van der Waals surface area contributed by atoms with Crippen molar-refractivity contribution in [2.75, 3.05) is 6.61 Å². The monoisotopic (exact) mass is 255 g/mol. The Hall–Kier alpha value is -1.10. The number of aliphatic carboxylic acids is 1. The summed E-state index contributed by atoms with van der Waals surface area (Å²) >= 11 is 0. The normalized spacial score (nSPS) is 32.1. The van der Waals surface area contributed by atoms with Gasteiger partial charge in [-0.2, -0.15) is 0 Å². The minimum Gasteiger partial charge on any atom is -0.481 e. The Bertz CT molecular complexity index is 312. The van der Waals surface area contributed by atoms with Crippen molar-refractivity contribution in [3.8, 4) is 0 Å². The van der Waals surface area contributed by atoms with E-state index < -0.39 is 11.9 Å². The Morgan fingerprint density at radius 1 is 1.17 bits per heavy atom. The van der Waals surface area contributed by atoms with E-state index in [0.29, 0.717) is 12.8 Å². The van der Waals surface area contributed by atoms with Gasteiger partial charge in [0.2, 0.25) is 5.91 Å². The molecule has 1 saturated heterocycles. The summed E-state index contributed by atoms with van der Waals surface area (Å²) < 4.78 is 5.41. The van der Waals surface area contributed by atoms with Gasteiger partial charge in [0.05, 0.1) is 18.4 Å². The van der Waals surface area contributed by atoms with E-state index in [1.165, 1.54) is 0 Å². The molecule has 0 aromatic rings. The van der Waals surface area contributed by atoms with E-state index in [0.717, 1.165) is 38.7 Å². The van der Waals surface area contributed by atoms with Gasteiger partial charge in [0.15, 0.2) is 0 Å². The lowest BCUT2D eigenvalue weighted by Gasteiger charge is -2.29. The summed E-state index contributed by atoms with van der Waals surface area (Å²) in [6, 6.07) is -0.204. The molecular formula is C13H21NO4. The summed E-state index contributed by atoms with van der Waals surface area (Å²) in [6.07, 6.45) is 5.71. The number of amides is 1. The predicted octanol–water partition coefficient (Wildman–Crippen LogP) is 1.32. The molecular weight excluding hydrogens is 234 g/mol. The lowest BCUT2D eigenvalue weighted by molar-refractivity contribution is -0.144. The SMILES string of the molecule is O=C(CC1CCCO1)NC1CCCCC1C(=O)O. The van der Waals surface area contributed by atoms with E-state index in [2.05, 4.69) is 5.32 Å². The molecule has 0 radical (unpaired) electrons. The molecule has 5 heteroatoms. The third kappa shape index (κ3) is 3.45. The number of carboxylic acid groups (broad SMARTS) is 1. The molecule has 1 aliphatic heterocycles. The number of nitrogens with one attached hydrogen (secondary N) is 1. The maximum Gasteiger partial charge on any atom is 0.308 e. The minimum atomic E-state index is -0.794. The Kier molecular flexibility index (Phi) is 4.58. The molecule has 2 aliphatic rings. The summed E-state index contributed by atoms with van der Waals surface area (Å²) in [5.74, 6) is -1.29. The van der Waals surface area contributed by atoms with Crippen molar-refractivity contribution in [2.45, 2.75) is 57.1 Å². The first kappa shape index (κ1) is 13.3. The van der Waals surface area contributed by atoms with Crippen molar-refractivity contribution in [1.82, 2.24) is 5.32 Å². The molecule has 2 N–H and O–H groups in total. The molecule has 5 nitrogen and oxygen atoms in total. The number of hydrogen-bond donors (Lipinski definition) is 2. The van der Waals surface area contributed by atoms with Gasteiger partial charge in [-0.05, 0) is 25.7 Å². The second-order valence-corrected chi connectivity index (χ2v) is 5.24. The summed E-state index contributed by atoms with van der Waals surface area (Å²) in [5.41, 5.74) is 0. The van der Waals surface area contributed by atoms with Crippen LogP contribution in [0.25, 0.3) is 0 Å². The van der Waals surface area contributed by atoms with Crippen LogP contribution in [0.15, 0.2) is 0 Å². The van der Waals surface area contributed by atoms with Crippen LogP contribution in [0.1, 0.15) is 44.9 Å². The number of rotatable bonds is 4. The Labute approximate surface area is 107 Å². The number of carboxylic acids is 1. The quantitative estimate of drug-likeness (QED) is 0.794. The Morgan fingerprint density at radius 3 is 2.61 bits per heavy atom. The van der Waals surface area contributed by atoms with E-state index in [1.54, 1.807) is 0 Å². The zero-order valence-electron chi connectivity index (χ0n) is 10.6. The van der Waals surface area contributed by atoms with Crippen LogP contribution in [-0.4, -0.2) is 35.7 Å². The van der Waals surface area contributed by atoms with Crippen LogP contribution in [0.5, 0.6) is 0 Å². The maximum absolute atomic E-state index is 11.9. The van der Waals surface area contributed by atoms with Crippen LogP contribution in [0.2, 0.25) is 0 Å². The zero-order valence-corrected chi connectivity index (χ0v) is 10.6. The highest BCUT2D eigenvalue weighted by Gasteiger charge is 2.32. The molecule has 0 aromatic heterocycles. The van der Waals surface area contributed by atoms with E-state index in [-0.39, 0.29) is 18.1 Å².